The molecule has 4 nitrogen and oxygen atoms in total. The molecule has 1 rings (SSSR count). The third kappa shape index (κ3) is 2.12. The Bertz CT molecular complexity index is 247. The summed E-state index contributed by atoms with van der Waals surface area (Å²) in [7, 11) is 1.54. The van der Waals surface area contributed by atoms with E-state index in [9.17, 15) is 0 Å². The van der Waals surface area contributed by atoms with Crippen LogP contribution in [0.1, 0.15) is 0 Å². The van der Waals surface area contributed by atoms with Gasteiger partial charge in [0.05, 0.1) is 7.11 Å². The van der Waals surface area contributed by atoms with Gasteiger partial charge in [0.2, 0.25) is 0 Å². The molecule has 0 amide bonds. The van der Waals surface area contributed by atoms with Crippen LogP contribution in [0.2, 0.25) is 0 Å². The Morgan fingerprint density at radius 3 is 2.80 bits per heavy atom. The number of methoxy groups -OCH3 is 1. The first kappa shape index (κ1) is 9.06. The summed E-state index contributed by atoms with van der Waals surface area (Å²) in [5.74, 6) is 0. The zero-order valence-electron chi connectivity index (χ0n) is 5.42. The number of aromatic amines is 1. The van der Waals surface area contributed by atoms with Gasteiger partial charge in [0.25, 0.3) is 6.01 Å². The molecule has 3 N–H and O–H groups in total. The summed E-state index contributed by atoms with van der Waals surface area (Å²) in [4.78, 5) is 6.55. The highest BCUT2D eigenvalue weighted by Crippen LogP contribution is 1.95. The second kappa shape index (κ2) is 3.97. The predicted octanol–water partition coefficient (Wildman–Crippen LogP) is 0.323. The monoisotopic (exact) mass is 160 g/mol. The molecule has 1 heterocycles. The smallest absolute Gasteiger partial charge is 0.294 e. The third-order valence-corrected chi connectivity index (χ3v) is 1.08. The first-order valence-corrected chi connectivity index (χ1v) is 2.83. The van der Waals surface area contributed by atoms with Gasteiger partial charge in [-0.2, -0.15) is 0 Å². The SMILES string of the molecule is COc1nccc(=S)[nH]1.O. The van der Waals surface area contributed by atoms with Crippen LogP contribution in [0.3, 0.4) is 0 Å². The van der Waals surface area contributed by atoms with Crippen molar-refractivity contribution in [3.63, 3.8) is 0 Å². The Balaban J connectivity index is 0.000000810. The van der Waals surface area contributed by atoms with Crippen LogP contribution in [0.4, 0.5) is 0 Å². The summed E-state index contributed by atoms with van der Waals surface area (Å²) in [6.45, 7) is 0. The van der Waals surface area contributed by atoms with Gasteiger partial charge >= 0.3 is 0 Å². The largest absolute Gasteiger partial charge is 0.468 e. The van der Waals surface area contributed by atoms with Gasteiger partial charge in [0.15, 0.2) is 0 Å². The Morgan fingerprint density at radius 2 is 2.40 bits per heavy atom. The van der Waals surface area contributed by atoms with Crippen molar-refractivity contribution in [2.45, 2.75) is 0 Å². The molecule has 0 saturated heterocycles. The normalized spacial score (nSPS) is 8.10. The van der Waals surface area contributed by atoms with E-state index in [0.29, 0.717) is 10.7 Å². The van der Waals surface area contributed by atoms with E-state index in [1.54, 1.807) is 12.3 Å². The quantitative estimate of drug-likeness (QED) is 0.601. The Hall–Kier alpha value is -0.940. The molecule has 1 aromatic rings. The molecule has 56 valence electrons. The zero-order chi connectivity index (χ0) is 6.69. The standard InChI is InChI=1S/C5H6N2OS.H2O/c1-8-5-6-3-2-4(9)7-5;/h2-3H,1H3,(H,6,7,9);1H2. The van der Waals surface area contributed by atoms with Gasteiger partial charge in [-0.15, -0.1) is 0 Å². The fourth-order valence-electron chi connectivity index (χ4n) is 0.456. The average Bonchev–Trinajstić information content (AvgIpc) is 1.88. The van der Waals surface area contributed by atoms with Gasteiger partial charge in [0.1, 0.15) is 4.64 Å². The van der Waals surface area contributed by atoms with E-state index in [0.717, 1.165) is 0 Å². The maximum Gasteiger partial charge on any atom is 0.294 e. The maximum atomic E-state index is 4.79. The maximum absolute atomic E-state index is 4.79. The molecule has 10 heavy (non-hydrogen) atoms. The number of aromatic nitrogens is 2. The van der Waals surface area contributed by atoms with Gasteiger partial charge < -0.3 is 15.2 Å². The summed E-state index contributed by atoms with van der Waals surface area (Å²) >= 11 is 4.79. The lowest BCUT2D eigenvalue weighted by molar-refractivity contribution is 0.379. The number of hydrogen-bond acceptors (Lipinski definition) is 3. The fraction of sp³-hybridized carbons (Fsp3) is 0.200. The van der Waals surface area contributed by atoms with Crippen molar-refractivity contribution < 1.29 is 10.2 Å². The van der Waals surface area contributed by atoms with Crippen LogP contribution in [0, 0.1) is 4.64 Å². The van der Waals surface area contributed by atoms with Gasteiger partial charge in [-0.1, -0.05) is 12.2 Å². The molecule has 5 heteroatoms. The number of nitrogens with zero attached hydrogens (tertiary/aromatic N) is 1. The van der Waals surface area contributed by atoms with E-state index < -0.39 is 0 Å². The van der Waals surface area contributed by atoms with Crippen molar-refractivity contribution in [3.8, 4) is 6.01 Å². The van der Waals surface area contributed by atoms with Crippen molar-refractivity contribution >= 4 is 12.2 Å². The molecule has 0 spiro atoms. The van der Waals surface area contributed by atoms with Crippen molar-refractivity contribution in [2.75, 3.05) is 7.11 Å². The summed E-state index contributed by atoms with van der Waals surface area (Å²) in [5, 5.41) is 0. The molecule has 0 radical (unpaired) electrons. The minimum Gasteiger partial charge on any atom is -0.468 e. The lowest BCUT2D eigenvalue weighted by atomic mass is 10.7. The molecule has 0 unspecified atom stereocenters. The van der Waals surface area contributed by atoms with E-state index in [1.807, 2.05) is 0 Å². The van der Waals surface area contributed by atoms with Gasteiger partial charge in [-0.3, -0.25) is 0 Å². The average molecular weight is 160 g/mol. The minimum atomic E-state index is 0. The molecule has 0 aliphatic heterocycles. The van der Waals surface area contributed by atoms with E-state index in [1.165, 1.54) is 7.11 Å². The number of hydrogen-bond donors (Lipinski definition) is 1. The predicted molar refractivity (Wildman–Crippen MR) is 39.6 cm³/mol. The van der Waals surface area contributed by atoms with Crippen molar-refractivity contribution in [2.24, 2.45) is 0 Å². The molecule has 0 bridgehead atoms. The van der Waals surface area contributed by atoms with Crippen LogP contribution in [-0.2, 0) is 0 Å². The summed E-state index contributed by atoms with van der Waals surface area (Å²) < 4.78 is 5.39. The van der Waals surface area contributed by atoms with Crippen LogP contribution >= 0.6 is 12.2 Å². The highest BCUT2D eigenvalue weighted by atomic mass is 32.1. The van der Waals surface area contributed by atoms with Crippen molar-refractivity contribution in [3.05, 3.63) is 16.9 Å². The number of rotatable bonds is 1. The van der Waals surface area contributed by atoms with Gasteiger partial charge in [-0.05, 0) is 6.07 Å². The molecule has 0 aliphatic carbocycles. The first-order valence-electron chi connectivity index (χ1n) is 2.42. The molecular formula is C5H8N2O2S. The van der Waals surface area contributed by atoms with Crippen LogP contribution in [-0.4, -0.2) is 22.6 Å². The van der Waals surface area contributed by atoms with E-state index in [-0.39, 0.29) is 5.48 Å². The number of ether oxygens (including phenoxy) is 1. The first-order chi connectivity index (χ1) is 4.33. The van der Waals surface area contributed by atoms with Crippen LogP contribution < -0.4 is 4.74 Å². The lowest BCUT2D eigenvalue weighted by Gasteiger charge is -1.93. The molecule has 0 atom stereocenters. The molecule has 1 aromatic heterocycles. The van der Waals surface area contributed by atoms with Crippen LogP contribution in [0.15, 0.2) is 12.3 Å². The van der Waals surface area contributed by atoms with E-state index >= 15 is 0 Å². The summed E-state index contributed by atoms with van der Waals surface area (Å²) in [6.07, 6.45) is 1.59. The Morgan fingerprint density at radius 1 is 1.70 bits per heavy atom. The highest BCUT2D eigenvalue weighted by Gasteiger charge is 1.85. The highest BCUT2D eigenvalue weighted by molar-refractivity contribution is 7.71. The fourth-order valence-corrected chi connectivity index (χ4v) is 0.604. The second-order valence-electron chi connectivity index (χ2n) is 1.44. The molecule has 0 aromatic carbocycles. The second-order valence-corrected chi connectivity index (χ2v) is 1.88. The summed E-state index contributed by atoms with van der Waals surface area (Å²) in [5.41, 5.74) is 0. The molecule has 0 saturated carbocycles. The van der Waals surface area contributed by atoms with Gasteiger partial charge in [-0.25, -0.2) is 4.98 Å². The van der Waals surface area contributed by atoms with Crippen LogP contribution in [0.25, 0.3) is 0 Å². The summed E-state index contributed by atoms with van der Waals surface area (Å²) in [6, 6.07) is 2.14. The topological polar surface area (TPSA) is 69.4 Å². The Labute approximate surface area is 63.2 Å². The molecule has 0 aliphatic rings. The lowest BCUT2D eigenvalue weighted by Crippen LogP contribution is -1.89. The number of H-pyrrole nitrogens is 1. The van der Waals surface area contributed by atoms with E-state index in [2.05, 4.69) is 9.97 Å². The van der Waals surface area contributed by atoms with Gasteiger partial charge in [0, 0.05) is 6.20 Å². The van der Waals surface area contributed by atoms with E-state index in [4.69, 9.17) is 17.0 Å². The molecular weight excluding hydrogens is 152 g/mol. The Kier molecular flexibility index (Phi) is 3.60. The number of nitrogens with one attached hydrogen (secondary N) is 1. The molecule has 0 fully saturated rings. The van der Waals surface area contributed by atoms with Crippen LogP contribution in [0.5, 0.6) is 6.01 Å². The minimum absolute atomic E-state index is 0. The zero-order valence-corrected chi connectivity index (χ0v) is 6.23. The van der Waals surface area contributed by atoms with Crippen molar-refractivity contribution in [1.29, 1.82) is 0 Å². The van der Waals surface area contributed by atoms with Crippen molar-refractivity contribution in [1.82, 2.24) is 9.97 Å². The third-order valence-electron chi connectivity index (χ3n) is 0.841.